The summed E-state index contributed by atoms with van der Waals surface area (Å²) >= 11 is 1.55. The Hall–Kier alpha value is -2.53. The maximum atomic E-state index is 13.1. The average molecular weight is 381 g/mol. The molecule has 0 atom stereocenters. The van der Waals surface area contributed by atoms with Crippen LogP contribution in [-0.4, -0.2) is 24.9 Å². The molecule has 0 aromatic heterocycles. The Bertz CT molecular complexity index is 876. The lowest BCUT2D eigenvalue weighted by molar-refractivity contribution is 0.0948. The van der Waals surface area contributed by atoms with Gasteiger partial charge in [-0.3, -0.25) is 9.59 Å². The van der Waals surface area contributed by atoms with Crippen molar-refractivity contribution in [1.82, 2.24) is 5.32 Å². The number of fused-ring (bicyclic) bond motifs is 2. The van der Waals surface area contributed by atoms with Gasteiger partial charge < -0.3 is 10.2 Å². The molecule has 0 spiro atoms. The molecule has 0 bridgehead atoms. The van der Waals surface area contributed by atoms with Gasteiger partial charge in [0.25, 0.3) is 11.8 Å². The Balaban J connectivity index is 1.95. The third-order valence-electron chi connectivity index (χ3n) is 4.41. The van der Waals surface area contributed by atoms with Crippen LogP contribution in [0.4, 0.5) is 5.69 Å². The Kier molecular flexibility index (Phi) is 6.01. The zero-order chi connectivity index (χ0) is 19.4. The van der Waals surface area contributed by atoms with E-state index >= 15 is 0 Å². The number of anilines is 1. The van der Waals surface area contributed by atoms with Gasteiger partial charge in [-0.2, -0.15) is 0 Å². The van der Waals surface area contributed by atoms with Crippen molar-refractivity contribution in [2.24, 2.45) is 5.92 Å². The van der Waals surface area contributed by atoms with Crippen LogP contribution in [0.5, 0.6) is 0 Å². The summed E-state index contributed by atoms with van der Waals surface area (Å²) in [6.07, 6.45) is 2.64. The third kappa shape index (κ3) is 4.25. The van der Waals surface area contributed by atoms with Gasteiger partial charge in [0, 0.05) is 28.4 Å². The van der Waals surface area contributed by atoms with Gasteiger partial charge in [0.2, 0.25) is 0 Å². The molecule has 0 aliphatic carbocycles. The maximum Gasteiger partial charge on any atom is 0.259 e. The first-order chi connectivity index (χ1) is 13.0. The van der Waals surface area contributed by atoms with Gasteiger partial charge in [-0.15, -0.1) is 6.58 Å². The molecule has 3 rings (SSSR count). The normalized spacial score (nSPS) is 13.0. The van der Waals surface area contributed by atoms with Crippen molar-refractivity contribution < 1.29 is 9.59 Å². The molecule has 2 aromatic carbocycles. The van der Waals surface area contributed by atoms with Crippen molar-refractivity contribution in [3.05, 3.63) is 66.2 Å². The molecular weight excluding hydrogens is 356 g/mol. The zero-order valence-electron chi connectivity index (χ0n) is 15.7. The van der Waals surface area contributed by atoms with Gasteiger partial charge in [-0.1, -0.05) is 43.8 Å². The molecule has 4 nitrogen and oxygen atoms in total. The highest BCUT2D eigenvalue weighted by Gasteiger charge is 2.27. The van der Waals surface area contributed by atoms with Crippen molar-refractivity contribution in [3.63, 3.8) is 0 Å². The minimum absolute atomic E-state index is 0.0749. The molecule has 1 aliphatic heterocycles. The topological polar surface area (TPSA) is 49.4 Å². The molecule has 0 radical (unpaired) electrons. The van der Waals surface area contributed by atoms with E-state index in [9.17, 15) is 9.59 Å². The van der Waals surface area contributed by atoms with Gasteiger partial charge >= 0.3 is 0 Å². The van der Waals surface area contributed by atoms with E-state index in [1.165, 1.54) is 0 Å². The molecule has 2 amide bonds. The van der Waals surface area contributed by atoms with Crippen molar-refractivity contribution in [1.29, 1.82) is 0 Å². The Morgan fingerprint density at radius 2 is 2.00 bits per heavy atom. The lowest BCUT2D eigenvalue weighted by atomic mass is 10.1. The zero-order valence-corrected chi connectivity index (χ0v) is 16.5. The minimum Gasteiger partial charge on any atom is -0.352 e. The largest absolute Gasteiger partial charge is 0.352 e. The number of amides is 2. The van der Waals surface area contributed by atoms with E-state index in [1.54, 1.807) is 28.8 Å². The highest BCUT2D eigenvalue weighted by molar-refractivity contribution is 7.99. The van der Waals surface area contributed by atoms with Gasteiger partial charge in [-0.05, 0) is 42.7 Å². The van der Waals surface area contributed by atoms with Crippen LogP contribution in [0.2, 0.25) is 0 Å². The predicted molar refractivity (Wildman–Crippen MR) is 111 cm³/mol. The van der Waals surface area contributed by atoms with Crippen LogP contribution in [0.25, 0.3) is 0 Å². The first-order valence-corrected chi connectivity index (χ1v) is 9.94. The Labute approximate surface area is 164 Å². The first-order valence-electron chi connectivity index (χ1n) is 9.13. The van der Waals surface area contributed by atoms with Crippen LogP contribution in [0.1, 0.15) is 41.0 Å². The van der Waals surface area contributed by atoms with Crippen LogP contribution in [0.3, 0.4) is 0 Å². The Morgan fingerprint density at radius 3 is 2.74 bits per heavy atom. The fraction of sp³-hybridized carbons (Fsp3) is 0.273. The van der Waals surface area contributed by atoms with Crippen molar-refractivity contribution in [2.45, 2.75) is 30.1 Å². The average Bonchev–Trinajstić information content (AvgIpc) is 2.76. The van der Waals surface area contributed by atoms with Crippen LogP contribution in [-0.2, 0) is 0 Å². The van der Waals surface area contributed by atoms with Crippen molar-refractivity contribution in [3.8, 4) is 0 Å². The highest BCUT2D eigenvalue weighted by Crippen LogP contribution is 2.41. The van der Waals surface area contributed by atoms with Gasteiger partial charge in [0.05, 0.1) is 11.3 Å². The predicted octanol–water partition coefficient (Wildman–Crippen LogP) is 4.76. The standard InChI is InChI=1S/C22H24N2O2S/c1-4-13-24-18-14-16(21(25)23-12-11-15(2)3)9-10-20(18)27-19-8-6-5-7-17(19)22(24)26/h4-10,14-15H,1,11-13H2,2-3H3,(H,23,25). The lowest BCUT2D eigenvalue weighted by Gasteiger charge is -2.22. The molecular formula is C22H24N2O2S. The number of nitrogens with one attached hydrogen (secondary N) is 1. The minimum atomic E-state index is -0.115. The second-order valence-corrected chi connectivity index (χ2v) is 8.01. The number of hydrogen-bond donors (Lipinski definition) is 1. The summed E-state index contributed by atoms with van der Waals surface area (Å²) in [4.78, 5) is 29.2. The van der Waals surface area contributed by atoms with E-state index in [2.05, 4.69) is 25.7 Å². The molecule has 0 fully saturated rings. The molecule has 5 heteroatoms. The molecule has 0 saturated heterocycles. The fourth-order valence-corrected chi connectivity index (χ4v) is 4.01. The summed E-state index contributed by atoms with van der Waals surface area (Å²) in [7, 11) is 0. The Morgan fingerprint density at radius 1 is 1.22 bits per heavy atom. The number of carbonyl (C=O) groups excluding carboxylic acids is 2. The summed E-state index contributed by atoms with van der Waals surface area (Å²) in [6, 6.07) is 13.1. The van der Waals surface area contributed by atoms with E-state index in [-0.39, 0.29) is 11.8 Å². The van der Waals surface area contributed by atoms with Crippen LogP contribution >= 0.6 is 11.8 Å². The summed E-state index contributed by atoms with van der Waals surface area (Å²) in [5, 5.41) is 2.96. The van der Waals surface area contributed by atoms with E-state index in [4.69, 9.17) is 0 Å². The van der Waals surface area contributed by atoms with E-state index < -0.39 is 0 Å². The van der Waals surface area contributed by atoms with E-state index in [1.807, 2.05) is 36.4 Å². The number of carbonyl (C=O) groups is 2. The van der Waals surface area contributed by atoms with Crippen molar-refractivity contribution >= 4 is 29.3 Å². The van der Waals surface area contributed by atoms with Gasteiger partial charge in [0.1, 0.15) is 0 Å². The van der Waals surface area contributed by atoms with Crippen LogP contribution in [0.15, 0.2) is 64.9 Å². The molecule has 140 valence electrons. The van der Waals surface area contributed by atoms with E-state index in [0.29, 0.717) is 30.1 Å². The molecule has 2 aromatic rings. The number of rotatable bonds is 6. The lowest BCUT2D eigenvalue weighted by Crippen LogP contribution is -2.31. The van der Waals surface area contributed by atoms with E-state index in [0.717, 1.165) is 21.9 Å². The fourth-order valence-electron chi connectivity index (χ4n) is 2.95. The highest BCUT2D eigenvalue weighted by atomic mass is 32.2. The van der Waals surface area contributed by atoms with Crippen LogP contribution < -0.4 is 10.2 Å². The molecule has 1 N–H and O–H groups in total. The monoisotopic (exact) mass is 380 g/mol. The van der Waals surface area contributed by atoms with Gasteiger partial charge in [-0.25, -0.2) is 0 Å². The SMILES string of the molecule is C=CCN1C(=O)c2ccccc2Sc2ccc(C(=O)NCCC(C)C)cc21. The molecule has 1 aliphatic rings. The summed E-state index contributed by atoms with van der Waals surface area (Å²) < 4.78 is 0. The van der Waals surface area contributed by atoms with Crippen molar-refractivity contribution in [2.75, 3.05) is 18.0 Å². The quantitative estimate of drug-likeness (QED) is 0.735. The maximum absolute atomic E-state index is 13.1. The summed E-state index contributed by atoms with van der Waals surface area (Å²) in [6.45, 7) is 9.07. The summed E-state index contributed by atoms with van der Waals surface area (Å²) in [5.41, 5.74) is 1.98. The third-order valence-corrected chi connectivity index (χ3v) is 5.55. The number of hydrogen-bond acceptors (Lipinski definition) is 3. The summed E-state index contributed by atoms with van der Waals surface area (Å²) in [5.74, 6) is 0.346. The second-order valence-electron chi connectivity index (χ2n) is 6.92. The second kappa shape index (κ2) is 8.44. The molecule has 27 heavy (non-hydrogen) atoms. The molecule has 1 heterocycles. The molecule has 0 saturated carbocycles. The number of benzene rings is 2. The van der Waals surface area contributed by atoms with Gasteiger partial charge in [0.15, 0.2) is 0 Å². The smallest absolute Gasteiger partial charge is 0.259 e. The van der Waals surface area contributed by atoms with Crippen LogP contribution in [0, 0.1) is 5.92 Å². The number of nitrogens with zero attached hydrogens (tertiary/aromatic N) is 1. The molecule has 0 unspecified atom stereocenters. The first kappa shape index (κ1) is 19.2.